The number of hydrogen-bond donors (Lipinski definition) is 1. The van der Waals surface area contributed by atoms with Crippen LogP contribution in [-0.2, 0) is 0 Å². The van der Waals surface area contributed by atoms with E-state index in [4.69, 9.17) is 0 Å². The summed E-state index contributed by atoms with van der Waals surface area (Å²) in [5.41, 5.74) is 0. The Kier molecular flexibility index (Phi) is 5.30. The van der Waals surface area contributed by atoms with E-state index in [0.29, 0.717) is 0 Å². The van der Waals surface area contributed by atoms with E-state index in [1.807, 2.05) is 0 Å². The molecule has 1 aliphatic carbocycles. The summed E-state index contributed by atoms with van der Waals surface area (Å²) in [6.07, 6.45) is 9.92. The van der Waals surface area contributed by atoms with Crippen LogP contribution in [0.5, 0.6) is 0 Å². The van der Waals surface area contributed by atoms with Crippen LogP contribution in [0.3, 0.4) is 0 Å². The van der Waals surface area contributed by atoms with Gasteiger partial charge in [-0.1, -0.05) is 33.1 Å². The van der Waals surface area contributed by atoms with Gasteiger partial charge in [-0.05, 0) is 44.7 Å². The topological polar surface area (TPSA) is 15.3 Å². The lowest BCUT2D eigenvalue weighted by atomic mass is 9.83. The molecule has 0 aromatic carbocycles. The maximum Gasteiger partial charge on any atom is 0.0198 e. The molecule has 0 bridgehead atoms. The van der Waals surface area contributed by atoms with Gasteiger partial charge in [0, 0.05) is 18.6 Å². The third kappa shape index (κ3) is 3.96. The summed E-state index contributed by atoms with van der Waals surface area (Å²) in [5.74, 6) is 0.993. The van der Waals surface area contributed by atoms with Crippen LogP contribution in [0.25, 0.3) is 0 Å². The van der Waals surface area contributed by atoms with Gasteiger partial charge in [-0.2, -0.15) is 0 Å². The van der Waals surface area contributed by atoms with Crippen molar-refractivity contribution in [3.05, 3.63) is 0 Å². The molecule has 2 heteroatoms. The number of hydrogen-bond acceptors (Lipinski definition) is 2. The summed E-state index contributed by atoms with van der Waals surface area (Å²) in [4.78, 5) is 2.60. The van der Waals surface area contributed by atoms with E-state index in [0.717, 1.165) is 18.0 Å². The van der Waals surface area contributed by atoms with Crippen molar-refractivity contribution in [2.75, 3.05) is 19.6 Å². The molecule has 1 saturated heterocycles. The quantitative estimate of drug-likeness (QED) is 0.810. The molecule has 1 aliphatic heterocycles. The molecular weight excluding hydrogens is 208 g/mol. The Labute approximate surface area is 107 Å². The molecule has 2 nitrogen and oxygen atoms in total. The van der Waals surface area contributed by atoms with Crippen LogP contribution in [0.2, 0.25) is 0 Å². The van der Waals surface area contributed by atoms with Crippen molar-refractivity contribution in [3.63, 3.8) is 0 Å². The summed E-state index contributed by atoms with van der Waals surface area (Å²) in [7, 11) is 0. The zero-order valence-electron chi connectivity index (χ0n) is 11.8. The van der Waals surface area contributed by atoms with Gasteiger partial charge in [0.1, 0.15) is 0 Å². The van der Waals surface area contributed by atoms with E-state index in [1.165, 1.54) is 64.6 Å². The molecule has 1 saturated carbocycles. The lowest BCUT2D eigenvalue weighted by molar-refractivity contribution is 0.173. The zero-order chi connectivity index (χ0) is 12.1. The first-order valence-electron chi connectivity index (χ1n) is 7.80. The molecule has 100 valence electrons. The van der Waals surface area contributed by atoms with Crippen LogP contribution in [0.15, 0.2) is 0 Å². The summed E-state index contributed by atoms with van der Waals surface area (Å²) in [6, 6.07) is 1.58. The van der Waals surface area contributed by atoms with Gasteiger partial charge in [-0.3, -0.25) is 0 Å². The van der Waals surface area contributed by atoms with Crippen LogP contribution in [0.1, 0.15) is 58.8 Å². The minimum Gasteiger partial charge on any atom is -0.310 e. The highest BCUT2D eigenvalue weighted by atomic mass is 15.2. The molecule has 17 heavy (non-hydrogen) atoms. The van der Waals surface area contributed by atoms with E-state index < -0.39 is 0 Å². The molecule has 1 heterocycles. The van der Waals surface area contributed by atoms with Crippen molar-refractivity contribution in [1.82, 2.24) is 10.2 Å². The number of rotatable bonds is 4. The predicted molar refractivity (Wildman–Crippen MR) is 74.3 cm³/mol. The van der Waals surface area contributed by atoms with Gasteiger partial charge in [-0.15, -0.1) is 0 Å². The van der Waals surface area contributed by atoms with Crippen molar-refractivity contribution in [2.24, 2.45) is 5.92 Å². The van der Waals surface area contributed by atoms with Crippen molar-refractivity contribution in [1.29, 1.82) is 0 Å². The van der Waals surface area contributed by atoms with Crippen LogP contribution in [-0.4, -0.2) is 36.6 Å². The van der Waals surface area contributed by atoms with Crippen molar-refractivity contribution < 1.29 is 0 Å². The Balaban J connectivity index is 1.75. The highest BCUT2D eigenvalue weighted by Crippen LogP contribution is 2.27. The van der Waals surface area contributed by atoms with E-state index in [-0.39, 0.29) is 0 Å². The third-order valence-electron chi connectivity index (χ3n) is 4.78. The van der Waals surface area contributed by atoms with Crippen LogP contribution in [0, 0.1) is 5.92 Å². The van der Waals surface area contributed by atoms with E-state index in [2.05, 4.69) is 24.1 Å². The van der Waals surface area contributed by atoms with Gasteiger partial charge in [-0.25, -0.2) is 0 Å². The van der Waals surface area contributed by atoms with Gasteiger partial charge in [0.05, 0.1) is 0 Å². The van der Waals surface area contributed by atoms with Crippen LogP contribution >= 0.6 is 0 Å². The fourth-order valence-corrected chi connectivity index (χ4v) is 3.63. The third-order valence-corrected chi connectivity index (χ3v) is 4.78. The molecule has 2 rings (SSSR count). The van der Waals surface area contributed by atoms with E-state index in [9.17, 15) is 0 Å². The Morgan fingerprint density at radius 1 is 1.06 bits per heavy atom. The van der Waals surface area contributed by atoms with Crippen LogP contribution < -0.4 is 5.32 Å². The molecule has 0 spiro atoms. The maximum absolute atomic E-state index is 3.94. The Morgan fingerprint density at radius 3 is 2.65 bits per heavy atom. The van der Waals surface area contributed by atoms with Crippen molar-refractivity contribution in [3.8, 4) is 0 Å². The Bertz CT molecular complexity index is 195. The fraction of sp³-hybridized carbons (Fsp3) is 1.00. The van der Waals surface area contributed by atoms with Crippen molar-refractivity contribution >= 4 is 0 Å². The molecule has 0 radical (unpaired) electrons. The average molecular weight is 238 g/mol. The van der Waals surface area contributed by atoms with Gasteiger partial charge in [0.15, 0.2) is 0 Å². The summed E-state index contributed by atoms with van der Waals surface area (Å²) in [6.45, 7) is 8.46. The number of piperidine rings is 1. The standard InChI is InChI=1S/C15H30N2/c1-3-13-7-5-8-14(11-13)16-15-9-6-10-17(4-2)12-15/h13-16H,3-12H2,1-2H3. The molecule has 3 atom stereocenters. The second-order valence-electron chi connectivity index (χ2n) is 6.04. The highest BCUT2D eigenvalue weighted by Gasteiger charge is 2.25. The first kappa shape index (κ1) is 13.4. The first-order valence-corrected chi connectivity index (χ1v) is 7.80. The number of nitrogens with one attached hydrogen (secondary N) is 1. The Morgan fingerprint density at radius 2 is 1.88 bits per heavy atom. The predicted octanol–water partition coefficient (Wildman–Crippen LogP) is 3.03. The van der Waals surface area contributed by atoms with E-state index >= 15 is 0 Å². The molecular formula is C15H30N2. The second kappa shape index (κ2) is 6.75. The van der Waals surface area contributed by atoms with Crippen molar-refractivity contribution in [2.45, 2.75) is 70.9 Å². The van der Waals surface area contributed by atoms with Gasteiger partial charge < -0.3 is 10.2 Å². The summed E-state index contributed by atoms with van der Waals surface area (Å²) in [5, 5.41) is 3.94. The summed E-state index contributed by atoms with van der Waals surface area (Å²) >= 11 is 0. The monoisotopic (exact) mass is 238 g/mol. The molecule has 2 aliphatic rings. The smallest absolute Gasteiger partial charge is 0.0198 e. The molecule has 3 unspecified atom stereocenters. The molecule has 0 aromatic rings. The second-order valence-corrected chi connectivity index (χ2v) is 6.04. The Hall–Kier alpha value is -0.0800. The fourth-order valence-electron chi connectivity index (χ4n) is 3.63. The molecule has 1 N–H and O–H groups in total. The van der Waals surface area contributed by atoms with Gasteiger partial charge in [0.25, 0.3) is 0 Å². The number of likely N-dealkylation sites (N-methyl/N-ethyl adjacent to an activating group) is 1. The lowest BCUT2D eigenvalue weighted by Gasteiger charge is -2.37. The first-order chi connectivity index (χ1) is 8.31. The minimum atomic E-state index is 0.768. The lowest BCUT2D eigenvalue weighted by Crippen LogP contribution is -2.50. The highest BCUT2D eigenvalue weighted by molar-refractivity contribution is 4.84. The molecule has 0 amide bonds. The van der Waals surface area contributed by atoms with Crippen LogP contribution in [0.4, 0.5) is 0 Å². The molecule has 0 aromatic heterocycles. The molecule has 2 fully saturated rings. The average Bonchev–Trinajstić information content (AvgIpc) is 2.39. The van der Waals surface area contributed by atoms with E-state index in [1.54, 1.807) is 0 Å². The van der Waals surface area contributed by atoms with Gasteiger partial charge >= 0.3 is 0 Å². The number of likely N-dealkylation sites (tertiary alicyclic amines) is 1. The normalized spacial score (nSPS) is 36.0. The SMILES string of the molecule is CCC1CCCC(NC2CCCN(CC)C2)C1. The summed E-state index contributed by atoms with van der Waals surface area (Å²) < 4.78 is 0. The number of nitrogens with zero attached hydrogens (tertiary/aromatic N) is 1. The zero-order valence-corrected chi connectivity index (χ0v) is 11.8. The largest absolute Gasteiger partial charge is 0.310 e. The maximum atomic E-state index is 3.94. The minimum absolute atomic E-state index is 0.768. The van der Waals surface area contributed by atoms with Gasteiger partial charge in [0.2, 0.25) is 0 Å².